The van der Waals surface area contributed by atoms with Crippen molar-refractivity contribution in [1.29, 1.82) is 0 Å². The van der Waals surface area contributed by atoms with E-state index in [0.29, 0.717) is 0 Å². The van der Waals surface area contributed by atoms with Crippen LogP contribution in [0.4, 0.5) is 0 Å². The Morgan fingerprint density at radius 1 is 1.42 bits per heavy atom. The Morgan fingerprint density at radius 2 is 2.00 bits per heavy atom. The van der Waals surface area contributed by atoms with E-state index in [1.54, 1.807) is 13.8 Å². The summed E-state index contributed by atoms with van der Waals surface area (Å²) in [6.07, 6.45) is 2.02. The van der Waals surface area contributed by atoms with Crippen LogP contribution in [0.5, 0.6) is 0 Å². The van der Waals surface area contributed by atoms with E-state index in [2.05, 4.69) is 30.6 Å². The molecule has 0 aliphatic heterocycles. The van der Waals surface area contributed by atoms with E-state index in [1.165, 1.54) is 0 Å². The Morgan fingerprint density at radius 3 is 2.42 bits per heavy atom. The normalized spacial score (nSPS) is 11.3. The van der Waals surface area contributed by atoms with Crippen LogP contribution in [0.3, 0.4) is 0 Å². The molecule has 0 aromatic rings. The molecule has 0 heterocycles. The molecule has 12 heavy (non-hydrogen) atoms. The van der Waals surface area contributed by atoms with Crippen molar-refractivity contribution in [3.8, 4) is 0 Å². The molecule has 0 bridgehead atoms. The molecule has 0 atom stereocenters. The second kappa shape index (κ2) is 5.75. The molecule has 0 aromatic heterocycles. The maximum absolute atomic E-state index is 11.2. The topological polar surface area (TPSA) is 29.1 Å². The van der Waals surface area contributed by atoms with Gasteiger partial charge in [-0.2, -0.15) is 25.3 Å². The van der Waals surface area contributed by atoms with Crippen molar-refractivity contribution in [2.24, 2.45) is 0 Å². The summed E-state index contributed by atoms with van der Waals surface area (Å²) in [5.74, 6) is 0.866. The van der Waals surface area contributed by atoms with E-state index >= 15 is 0 Å². The highest BCUT2D eigenvalue weighted by atomic mass is 32.1. The van der Waals surface area contributed by atoms with Crippen molar-refractivity contribution in [1.82, 2.24) is 5.32 Å². The summed E-state index contributed by atoms with van der Waals surface area (Å²) < 4.78 is -0.568. The van der Waals surface area contributed by atoms with Crippen molar-refractivity contribution in [3.05, 3.63) is 0 Å². The zero-order chi connectivity index (χ0) is 9.61. The third-order valence-corrected chi connectivity index (χ3v) is 1.95. The number of nitrogens with one attached hydrogen (secondary N) is 1. The summed E-state index contributed by atoms with van der Waals surface area (Å²) in [5, 5.41) is 2.81. The number of unbranched alkanes of at least 4 members (excludes halogenated alkanes) is 1. The van der Waals surface area contributed by atoms with Crippen molar-refractivity contribution < 1.29 is 4.79 Å². The number of carbonyl (C=O) groups excluding carboxylic acids is 1. The van der Waals surface area contributed by atoms with Crippen LogP contribution in [0, 0.1) is 0 Å². The lowest BCUT2D eigenvalue weighted by molar-refractivity contribution is -0.122. The summed E-state index contributed by atoms with van der Waals surface area (Å²) in [6.45, 7) is 4.29. The highest BCUT2D eigenvalue weighted by Crippen LogP contribution is 2.10. The molecule has 0 aromatic carbocycles. The van der Waals surface area contributed by atoms with Gasteiger partial charge in [0.05, 0.1) is 4.75 Å². The Kier molecular flexibility index (Phi) is 5.84. The molecular formula is C8H17NOS2. The maximum Gasteiger partial charge on any atom is 0.235 e. The number of hydrogen-bond acceptors (Lipinski definition) is 3. The van der Waals surface area contributed by atoms with Crippen LogP contribution >= 0.6 is 25.3 Å². The predicted octanol–water partition coefficient (Wildman–Crippen LogP) is 1.52. The average molecular weight is 207 g/mol. The van der Waals surface area contributed by atoms with E-state index in [4.69, 9.17) is 0 Å². The van der Waals surface area contributed by atoms with Gasteiger partial charge in [-0.25, -0.2) is 0 Å². The van der Waals surface area contributed by atoms with E-state index in [1.807, 2.05) is 0 Å². The molecule has 4 heteroatoms. The fraction of sp³-hybridized carbons (Fsp3) is 0.875. The van der Waals surface area contributed by atoms with Gasteiger partial charge in [0.1, 0.15) is 0 Å². The third kappa shape index (κ3) is 5.77. The Bertz CT molecular complexity index is 142. The number of carbonyl (C=O) groups is 1. The van der Waals surface area contributed by atoms with E-state index in [0.717, 1.165) is 25.1 Å². The molecular weight excluding hydrogens is 190 g/mol. The average Bonchev–Trinajstić information content (AvgIpc) is 1.96. The van der Waals surface area contributed by atoms with Crippen LogP contribution in [0.2, 0.25) is 0 Å². The predicted molar refractivity (Wildman–Crippen MR) is 59.2 cm³/mol. The van der Waals surface area contributed by atoms with Gasteiger partial charge < -0.3 is 5.32 Å². The van der Waals surface area contributed by atoms with E-state index in [9.17, 15) is 4.79 Å². The minimum atomic E-state index is -0.568. The fourth-order valence-electron chi connectivity index (χ4n) is 0.655. The van der Waals surface area contributed by atoms with Crippen LogP contribution in [-0.4, -0.2) is 23.0 Å². The molecule has 0 unspecified atom stereocenters. The quantitative estimate of drug-likeness (QED) is 0.463. The summed E-state index contributed by atoms with van der Waals surface area (Å²) in [4.78, 5) is 11.2. The summed E-state index contributed by atoms with van der Waals surface area (Å²) in [5.41, 5.74) is 0. The second-order valence-corrected chi connectivity index (χ2v) is 4.81. The zero-order valence-corrected chi connectivity index (χ0v) is 9.42. The first-order valence-corrected chi connectivity index (χ1v) is 5.18. The van der Waals surface area contributed by atoms with Crippen LogP contribution in [-0.2, 0) is 4.79 Å². The van der Waals surface area contributed by atoms with Crippen molar-refractivity contribution in [2.75, 3.05) is 12.3 Å². The number of amides is 1. The van der Waals surface area contributed by atoms with E-state index in [-0.39, 0.29) is 5.91 Å². The van der Waals surface area contributed by atoms with Gasteiger partial charge in [0.2, 0.25) is 5.91 Å². The van der Waals surface area contributed by atoms with Gasteiger partial charge in [-0.3, -0.25) is 4.79 Å². The molecule has 2 nitrogen and oxygen atoms in total. The summed E-state index contributed by atoms with van der Waals surface area (Å²) in [6, 6.07) is 0. The highest BCUT2D eigenvalue weighted by Gasteiger charge is 2.21. The standard InChI is InChI=1S/C8H17NOS2/c1-8(2,12)7(10)9-5-3-4-6-11/h11-12H,3-6H2,1-2H3,(H,9,10). The molecule has 0 aliphatic carbocycles. The molecule has 0 radical (unpaired) electrons. The molecule has 0 saturated heterocycles. The Hall–Kier alpha value is 0.170. The van der Waals surface area contributed by atoms with Crippen LogP contribution in [0.1, 0.15) is 26.7 Å². The molecule has 1 N–H and O–H groups in total. The Balaban J connectivity index is 3.45. The monoisotopic (exact) mass is 207 g/mol. The first-order valence-electron chi connectivity index (χ1n) is 4.10. The van der Waals surface area contributed by atoms with Crippen LogP contribution in [0.15, 0.2) is 0 Å². The Labute approximate surface area is 85.3 Å². The fourth-order valence-corrected chi connectivity index (χ4v) is 0.958. The van der Waals surface area contributed by atoms with E-state index < -0.39 is 4.75 Å². The first-order chi connectivity index (χ1) is 5.48. The van der Waals surface area contributed by atoms with Gasteiger partial charge in [-0.15, -0.1) is 0 Å². The minimum Gasteiger partial charge on any atom is -0.355 e. The molecule has 0 aliphatic rings. The van der Waals surface area contributed by atoms with Gasteiger partial charge in [-0.05, 0) is 32.4 Å². The zero-order valence-electron chi connectivity index (χ0n) is 7.63. The van der Waals surface area contributed by atoms with Gasteiger partial charge in [0, 0.05) is 6.54 Å². The molecule has 72 valence electrons. The third-order valence-electron chi connectivity index (χ3n) is 1.43. The maximum atomic E-state index is 11.2. The SMILES string of the molecule is CC(C)(S)C(=O)NCCCCS. The highest BCUT2D eigenvalue weighted by molar-refractivity contribution is 7.82. The van der Waals surface area contributed by atoms with Gasteiger partial charge in [0.15, 0.2) is 0 Å². The molecule has 0 spiro atoms. The summed E-state index contributed by atoms with van der Waals surface area (Å²) >= 11 is 8.22. The molecule has 0 rings (SSSR count). The number of thiol groups is 2. The van der Waals surface area contributed by atoms with Crippen molar-refractivity contribution >= 4 is 31.2 Å². The minimum absolute atomic E-state index is 0.00926. The molecule has 0 fully saturated rings. The van der Waals surface area contributed by atoms with Gasteiger partial charge >= 0.3 is 0 Å². The van der Waals surface area contributed by atoms with Crippen molar-refractivity contribution in [3.63, 3.8) is 0 Å². The lowest BCUT2D eigenvalue weighted by Crippen LogP contribution is -2.38. The lowest BCUT2D eigenvalue weighted by Gasteiger charge is -2.16. The molecule has 1 amide bonds. The van der Waals surface area contributed by atoms with Gasteiger partial charge in [0.25, 0.3) is 0 Å². The number of hydrogen-bond donors (Lipinski definition) is 3. The lowest BCUT2D eigenvalue weighted by atomic mass is 10.2. The van der Waals surface area contributed by atoms with Crippen molar-refractivity contribution in [2.45, 2.75) is 31.4 Å². The van der Waals surface area contributed by atoms with Crippen LogP contribution in [0.25, 0.3) is 0 Å². The first kappa shape index (κ1) is 12.2. The summed E-state index contributed by atoms with van der Waals surface area (Å²) in [7, 11) is 0. The molecule has 0 saturated carbocycles. The number of rotatable bonds is 5. The van der Waals surface area contributed by atoms with Gasteiger partial charge in [-0.1, -0.05) is 0 Å². The smallest absolute Gasteiger partial charge is 0.235 e. The second-order valence-electron chi connectivity index (χ2n) is 3.25. The van der Waals surface area contributed by atoms with Crippen LogP contribution < -0.4 is 5.32 Å². The largest absolute Gasteiger partial charge is 0.355 e.